The number of fused-ring (bicyclic) bond motifs is 1. The molecule has 1 saturated heterocycles. The van der Waals surface area contributed by atoms with E-state index in [1.165, 1.54) is 0 Å². The number of carbonyl (C=O) groups is 1. The minimum Gasteiger partial charge on any atom is -0.383 e. The van der Waals surface area contributed by atoms with Crippen LogP contribution in [0.15, 0.2) is 23.1 Å². The Balaban J connectivity index is 1.84. The van der Waals surface area contributed by atoms with E-state index in [2.05, 4.69) is 0 Å². The van der Waals surface area contributed by atoms with Crippen LogP contribution in [0.2, 0.25) is 0 Å². The smallest absolute Gasteiger partial charge is 0.243 e. The molecule has 1 atom stereocenters. The van der Waals surface area contributed by atoms with E-state index in [0.29, 0.717) is 44.0 Å². The van der Waals surface area contributed by atoms with Crippen LogP contribution in [-0.4, -0.2) is 56.4 Å². The second-order valence-corrected chi connectivity index (χ2v) is 8.61. The number of sulfonamides is 1. The van der Waals surface area contributed by atoms with Gasteiger partial charge in [0.1, 0.15) is 0 Å². The summed E-state index contributed by atoms with van der Waals surface area (Å²) in [5, 5.41) is 0. The van der Waals surface area contributed by atoms with Crippen LogP contribution in [0.5, 0.6) is 0 Å². The van der Waals surface area contributed by atoms with Gasteiger partial charge in [-0.05, 0) is 42.5 Å². The number of methoxy groups -OCH3 is 1. The zero-order valence-electron chi connectivity index (χ0n) is 14.9. The Labute approximate surface area is 149 Å². The summed E-state index contributed by atoms with van der Waals surface area (Å²) in [5.74, 6) is 0.141. The molecule has 0 bridgehead atoms. The van der Waals surface area contributed by atoms with Crippen LogP contribution in [0.3, 0.4) is 0 Å². The first kappa shape index (κ1) is 18.4. The van der Waals surface area contributed by atoms with Crippen molar-refractivity contribution < 1.29 is 17.9 Å². The van der Waals surface area contributed by atoms with Crippen LogP contribution in [-0.2, 0) is 32.5 Å². The third-order valence-electron chi connectivity index (χ3n) is 5.13. The Bertz CT molecular complexity index is 747. The van der Waals surface area contributed by atoms with E-state index < -0.39 is 10.0 Å². The van der Waals surface area contributed by atoms with Crippen molar-refractivity contribution in [2.24, 2.45) is 0 Å². The molecule has 0 N–H and O–H groups in total. The third-order valence-corrected chi connectivity index (χ3v) is 7.08. The molecule has 0 aliphatic carbocycles. The molecule has 0 saturated carbocycles. The molecule has 3 rings (SSSR count). The fourth-order valence-electron chi connectivity index (χ4n) is 3.75. The van der Waals surface area contributed by atoms with Crippen molar-refractivity contribution in [1.29, 1.82) is 0 Å². The number of rotatable bonds is 5. The zero-order valence-corrected chi connectivity index (χ0v) is 15.7. The van der Waals surface area contributed by atoms with Gasteiger partial charge < -0.3 is 9.64 Å². The van der Waals surface area contributed by atoms with Gasteiger partial charge in [-0.25, -0.2) is 8.42 Å². The number of nitrogens with zero attached hydrogens (tertiary/aromatic N) is 2. The van der Waals surface area contributed by atoms with Gasteiger partial charge in [0, 0.05) is 39.2 Å². The van der Waals surface area contributed by atoms with Gasteiger partial charge in [-0.2, -0.15) is 4.31 Å². The van der Waals surface area contributed by atoms with Crippen molar-refractivity contribution in [3.05, 3.63) is 29.3 Å². The summed E-state index contributed by atoms with van der Waals surface area (Å²) in [4.78, 5) is 14.1. The van der Waals surface area contributed by atoms with Gasteiger partial charge in [-0.15, -0.1) is 0 Å². The number of hydrogen-bond donors (Lipinski definition) is 0. The maximum absolute atomic E-state index is 13.0. The van der Waals surface area contributed by atoms with Gasteiger partial charge >= 0.3 is 0 Å². The Morgan fingerprint density at radius 2 is 2.08 bits per heavy atom. The molecule has 0 spiro atoms. The van der Waals surface area contributed by atoms with Gasteiger partial charge in [-0.3, -0.25) is 4.79 Å². The van der Waals surface area contributed by atoms with E-state index in [1.807, 2.05) is 17.9 Å². The lowest BCUT2D eigenvalue weighted by Gasteiger charge is -2.29. The molecule has 1 amide bonds. The Hall–Kier alpha value is -1.44. The number of carbonyl (C=O) groups excluding carboxylic acids is 1. The largest absolute Gasteiger partial charge is 0.383 e. The average Bonchev–Trinajstić information content (AvgIpc) is 3.09. The van der Waals surface area contributed by atoms with Crippen molar-refractivity contribution >= 4 is 15.9 Å². The number of ether oxygens (including phenoxy) is 1. The summed E-state index contributed by atoms with van der Waals surface area (Å²) in [7, 11) is -1.90. The number of benzene rings is 1. The molecular formula is C18H26N2O4S. The highest BCUT2D eigenvalue weighted by atomic mass is 32.2. The standard InChI is InChI=1S/C18H26N2O4S/c1-3-18(21)19-10-8-14-11-17(7-6-15(14)12-19)25(22,23)20-9-4-5-16(20)13-24-2/h6-7,11,16H,3-5,8-10,12-13H2,1-2H3/t16-/m1/s1. The molecule has 138 valence electrons. The van der Waals surface area contributed by atoms with Crippen molar-refractivity contribution in [1.82, 2.24) is 9.21 Å². The van der Waals surface area contributed by atoms with Crippen molar-refractivity contribution in [2.75, 3.05) is 26.8 Å². The normalized spacial score (nSPS) is 21.4. The second kappa shape index (κ2) is 7.43. The van der Waals surface area contributed by atoms with E-state index in [-0.39, 0.29) is 11.9 Å². The van der Waals surface area contributed by atoms with Crippen molar-refractivity contribution in [2.45, 2.75) is 50.1 Å². The summed E-state index contributed by atoms with van der Waals surface area (Å²) in [6.45, 7) is 4.06. The molecule has 2 aliphatic heterocycles. The lowest BCUT2D eigenvalue weighted by molar-refractivity contribution is -0.131. The first-order valence-electron chi connectivity index (χ1n) is 8.87. The molecule has 0 aromatic heterocycles. The Morgan fingerprint density at radius 3 is 2.80 bits per heavy atom. The van der Waals surface area contributed by atoms with E-state index >= 15 is 0 Å². The summed E-state index contributed by atoms with van der Waals surface area (Å²) < 4.78 is 32.8. The van der Waals surface area contributed by atoms with Gasteiger partial charge in [0.15, 0.2) is 0 Å². The summed E-state index contributed by atoms with van der Waals surface area (Å²) in [5.41, 5.74) is 2.07. The summed E-state index contributed by atoms with van der Waals surface area (Å²) in [6.07, 6.45) is 2.90. The van der Waals surface area contributed by atoms with Crippen LogP contribution in [0, 0.1) is 0 Å². The average molecular weight is 366 g/mol. The lowest BCUT2D eigenvalue weighted by Crippen LogP contribution is -2.38. The van der Waals surface area contributed by atoms with Gasteiger partial charge in [0.05, 0.1) is 11.5 Å². The van der Waals surface area contributed by atoms with Crippen molar-refractivity contribution in [3.8, 4) is 0 Å². The van der Waals surface area contributed by atoms with Gasteiger partial charge in [0.2, 0.25) is 15.9 Å². The molecule has 6 nitrogen and oxygen atoms in total. The molecule has 7 heteroatoms. The molecule has 2 heterocycles. The maximum atomic E-state index is 13.0. The van der Waals surface area contributed by atoms with Gasteiger partial charge in [-0.1, -0.05) is 13.0 Å². The zero-order chi connectivity index (χ0) is 18.0. The number of hydrogen-bond acceptors (Lipinski definition) is 4. The fourth-order valence-corrected chi connectivity index (χ4v) is 5.48. The van der Waals surface area contributed by atoms with Crippen LogP contribution in [0.4, 0.5) is 0 Å². The minimum atomic E-state index is -3.51. The first-order valence-corrected chi connectivity index (χ1v) is 10.3. The molecule has 1 aromatic rings. The molecular weight excluding hydrogens is 340 g/mol. The molecule has 2 aliphatic rings. The molecule has 25 heavy (non-hydrogen) atoms. The quantitative estimate of drug-likeness (QED) is 0.797. The molecule has 1 aromatic carbocycles. The van der Waals surface area contributed by atoms with Crippen LogP contribution < -0.4 is 0 Å². The van der Waals surface area contributed by atoms with Crippen LogP contribution >= 0.6 is 0 Å². The molecule has 0 unspecified atom stereocenters. The molecule has 0 radical (unpaired) electrons. The fraction of sp³-hybridized carbons (Fsp3) is 0.611. The van der Waals surface area contributed by atoms with E-state index in [4.69, 9.17) is 4.74 Å². The highest BCUT2D eigenvalue weighted by Gasteiger charge is 2.35. The monoisotopic (exact) mass is 366 g/mol. The van der Waals surface area contributed by atoms with Crippen molar-refractivity contribution in [3.63, 3.8) is 0 Å². The maximum Gasteiger partial charge on any atom is 0.243 e. The predicted octanol–water partition coefficient (Wildman–Crippen LogP) is 1.78. The summed E-state index contributed by atoms with van der Waals surface area (Å²) >= 11 is 0. The highest BCUT2D eigenvalue weighted by molar-refractivity contribution is 7.89. The van der Waals surface area contributed by atoms with E-state index in [1.54, 1.807) is 23.5 Å². The van der Waals surface area contributed by atoms with E-state index in [0.717, 1.165) is 24.0 Å². The Kier molecular flexibility index (Phi) is 5.46. The second-order valence-electron chi connectivity index (χ2n) is 6.72. The molecule has 1 fully saturated rings. The highest BCUT2D eigenvalue weighted by Crippen LogP contribution is 2.29. The van der Waals surface area contributed by atoms with Crippen LogP contribution in [0.1, 0.15) is 37.3 Å². The number of amides is 1. The summed E-state index contributed by atoms with van der Waals surface area (Å²) in [6, 6.07) is 5.25. The first-order chi connectivity index (χ1) is 12.0. The third kappa shape index (κ3) is 3.59. The Morgan fingerprint density at radius 1 is 1.28 bits per heavy atom. The van der Waals surface area contributed by atoms with Crippen LogP contribution in [0.25, 0.3) is 0 Å². The van der Waals surface area contributed by atoms with Gasteiger partial charge in [0.25, 0.3) is 0 Å². The SMILES string of the molecule is CCC(=O)N1CCc2cc(S(=O)(=O)N3CCC[C@@H]3COC)ccc2C1. The minimum absolute atomic E-state index is 0.0799. The van der Waals surface area contributed by atoms with E-state index in [9.17, 15) is 13.2 Å². The lowest BCUT2D eigenvalue weighted by atomic mass is 10.00. The predicted molar refractivity (Wildman–Crippen MR) is 94.6 cm³/mol. The topological polar surface area (TPSA) is 66.9 Å².